The first-order chi connectivity index (χ1) is 8.19. The molecular weight excluding hydrogens is 216 g/mol. The molecular formula is C12H14N4O. The maximum Gasteiger partial charge on any atom is 0.221 e. The van der Waals surface area contributed by atoms with Gasteiger partial charge in [-0.05, 0) is 36.8 Å². The Morgan fingerprint density at radius 1 is 1.29 bits per heavy atom. The summed E-state index contributed by atoms with van der Waals surface area (Å²) >= 11 is 0. The highest BCUT2D eigenvalue weighted by Gasteiger charge is 2.02. The van der Waals surface area contributed by atoms with Crippen molar-refractivity contribution in [2.45, 2.75) is 6.92 Å². The molecule has 0 saturated heterocycles. The lowest BCUT2D eigenvalue weighted by molar-refractivity contribution is 0.414. The van der Waals surface area contributed by atoms with Crippen LogP contribution >= 0.6 is 0 Å². The van der Waals surface area contributed by atoms with Gasteiger partial charge in [-0.25, -0.2) is 4.98 Å². The Morgan fingerprint density at radius 3 is 2.76 bits per heavy atom. The topological polar surface area (TPSA) is 73.1 Å². The summed E-state index contributed by atoms with van der Waals surface area (Å²) < 4.78 is 5.15. The van der Waals surface area contributed by atoms with Crippen molar-refractivity contribution in [1.82, 2.24) is 9.97 Å². The van der Waals surface area contributed by atoms with Gasteiger partial charge in [0.2, 0.25) is 5.95 Å². The zero-order chi connectivity index (χ0) is 12.3. The third kappa shape index (κ3) is 2.63. The number of nitrogens with one attached hydrogen (secondary N) is 1. The van der Waals surface area contributed by atoms with Gasteiger partial charge in [0.05, 0.1) is 7.11 Å². The first kappa shape index (κ1) is 11.2. The van der Waals surface area contributed by atoms with Gasteiger partial charge in [0.25, 0.3) is 0 Å². The van der Waals surface area contributed by atoms with Crippen LogP contribution in [-0.4, -0.2) is 17.1 Å². The molecule has 1 aromatic heterocycles. The molecule has 1 aromatic carbocycles. The minimum absolute atomic E-state index is 0.251. The lowest BCUT2D eigenvalue weighted by Crippen LogP contribution is -2.00. The van der Waals surface area contributed by atoms with Crippen LogP contribution in [0.1, 0.15) is 5.56 Å². The highest BCUT2D eigenvalue weighted by Crippen LogP contribution is 2.23. The molecule has 0 saturated carbocycles. The van der Waals surface area contributed by atoms with Crippen molar-refractivity contribution in [3.05, 3.63) is 36.0 Å². The van der Waals surface area contributed by atoms with Gasteiger partial charge in [-0.15, -0.1) is 0 Å². The van der Waals surface area contributed by atoms with E-state index in [-0.39, 0.29) is 5.95 Å². The van der Waals surface area contributed by atoms with Crippen molar-refractivity contribution < 1.29 is 4.74 Å². The van der Waals surface area contributed by atoms with E-state index in [0.717, 1.165) is 17.0 Å². The minimum Gasteiger partial charge on any atom is -0.497 e. The number of aryl methyl sites for hydroxylation is 1. The van der Waals surface area contributed by atoms with E-state index in [0.29, 0.717) is 5.82 Å². The molecule has 0 spiro atoms. The Labute approximate surface area is 99.7 Å². The summed E-state index contributed by atoms with van der Waals surface area (Å²) in [6.45, 7) is 2.00. The average Bonchev–Trinajstić information content (AvgIpc) is 2.32. The summed E-state index contributed by atoms with van der Waals surface area (Å²) in [7, 11) is 1.65. The van der Waals surface area contributed by atoms with E-state index in [2.05, 4.69) is 15.3 Å². The molecule has 17 heavy (non-hydrogen) atoms. The monoisotopic (exact) mass is 230 g/mol. The molecule has 3 N–H and O–H groups in total. The Bertz CT molecular complexity index is 528. The third-order valence-electron chi connectivity index (χ3n) is 2.37. The second-order valence-corrected chi connectivity index (χ2v) is 3.61. The summed E-state index contributed by atoms with van der Waals surface area (Å²) in [5, 5.41) is 3.18. The molecule has 2 rings (SSSR count). The largest absolute Gasteiger partial charge is 0.497 e. The number of benzene rings is 1. The molecule has 0 atom stereocenters. The van der Waals surface area contributed by atoms with E-state index in [1.54, 1.807) is 19.4 Å². The lowest BCUT2D eigenvalue weighted by atomic mass is 10.2. The molecule has 0 aliphatic carbocycles. The third-order valence-corrected chi connectivity index (χ3v) is 2.37. The number of nitrogens with two attached hydrogens (primary N) is 1. The predicted octanol–water partition coefficient (Wildman–Crippen LogP) is 2.12. The molecule has 2 aromatic rings. The fourth-order valence-electron chi connectivity index (χ4n) is 1.48. The van der Waals surface area contributed by atoms with Gasteiger partial charge < -0.3 is 15.8 Å². The highest BCUT2D eigenvalue weighted by molar-refractivity contribution is 5.61. The van der Waals surface area contributed by atoms with Gasteiger partial charge in [-0.2, -0.15) is 4.98 Å². The number of nitrogen functional groups attached to an aromatic ring is 1. The van der Waals surface area contributed by atoms with Crippen LogP contribution in [0.4, 0.5) is 17.5 Å². The van der Waals surface area contributed by atoms with Crippen LogP contribution in [0.15, 0.2) is 30.5 Å². The van der Waals surface area contributed by atoms with Crippen LogP contribution in [0.25, 0.3) is 0 Å². The van der Waals surface area contributed by atoms with Crippen LogP contribution < -0.4 is 15.8 Å². The van der Waals surface area contributed by atoms with Crippen LogP contribution in [0.3, 0.4) is 0 Å². The molecule has 5 nitrogen and oxygen atoms in total. The normalized spacial score (nSPS) is 10.0. The molecule has 0 amide bonds. The smallest absolute Gasteiger partial charge is 0.221 e. The average molecular weight is 230 g/mol. The second-order valence-electron chi connectivity index (χ2n) is 3.61. The summed E-state index contributed by atoms with van der Waals surface area (Å²) in [6, 6.07) is 7.54. The van der Waals surface area contributed by atoms with Crippen molar-refractivity contribution in [1.29, 1.82) is 0 Å². The van der Waals surface area contributed by atoms with Gasteiger partial charge in [0.15, 0.2) is 0 Å². The molecule has 0 unspecified atom stereocenters. The Balaban J connectivity index is 2.24. The number of nitrogens with zero attached hydrogens (tertiary/aromatic N) is 2. The van der Waals surface area contributed by atoms with Gasteiger partial charge in [0.1, 0.15) is 11.6 Å². The summed E-state index contributed by atoms with van der Waals surface area (Å²) in [4.78, 5) is 7.91. The molecule has 88 valence electrons. The maximum absolute atomic E-state index is 5.51. The Hall–Kier alpha value is -2.30. The number of hydrogen-bond acceptors (Lipinski definition) is 5. The van der Waals surface area contributed by atoms with Crippen LogP contribution in [0.5, 0.6) is 5.75 Å². The number of anilines is 3. The summed E-state index contributed by atoms with van der Waals surface area (Å²) in [5.74, 6) is 1.75. The summed E-state index contributed by atoms with van der Waals surface area (Å²) in [5.41, 5.74) is 7.55. The van der Waals surface area contributed by atoms with E-state index in [4.69, 9.17) is 10.5 Å². The number of methoxy groups -OCH3 is 1. The SMILES string of the molecule is COc1ccc(Nc2ccnc(N)n2)c(C)c1. The van der Waals surface area contributed by atoms with Gasteiger partial charge in [-0.3, -0.25) is 0 Å². The van der Waals surface area contributed by atoms with Gasteiger partial charge >= 0.3 is 0 Å². The molecule has 0 radical (unpaired) electrons. The number of rotatable bonds is 3. The van der Waals surface area contributed by atoms with Crippen LogP contribution in [0.2, 0.25) is 0 Å². The van der Waals surface area contributed by atoms with E-state index in [9.17, 15) is 0 Å². The number of ether oxygens (including phenoxy) is 1. The maximum atomic E-state index is 5.51. The lowest BCUT2D eigenvalue weighted by Gasteiger charge is -2.10. The standard InChI is InChI=1S/C12H14N4O/c1-8-7-9(17-2)3-4-10(8)15-11-5-6-14-12(13)16-11/h3-7H,1-2H3,(H3,13,14,15,16). The van der Waals surface area contributed by atoms with Crippen molar-refractivity contribution in [2.24, 2.45) is 0 Å². The Morgan fingerprint density at radius 2 is 2.12 bits per heavy atom. The molecule has 0 bridgehead atoms. The van der Waals surface area contributed by atoms with Crippen LogP contribution in [0, 0.1) is 6.92 Å². The Kier molecular flexibility index (Phi) is 3.09. The van der Waals surface area contributed by atoms with E-state index >= 15 is 0 Å². The van der Waals surface area contributed by atoms with E-state index < -0.39 is 0 Å². The summed E-state index contributed by atoms with van der Waals surface area (Å²) in [6.07, 6.45) is 1.61. The molecule has 0 fully saturated rings. The number of hydrogen-bond donors (Lipinski definition) is 2. The van der Waals surface area contributed by atoms with E-state index in [1.165, 1.54) is 0 Å². The fourth-order valence-corrected chi connectivity index (χ4v) is 1.48. The van der Waals surface area contributed by atoms with Crippen molar-refractivity contribution in [2.75, 3.05) is 18.2 Å². The first-order valence-electron chi connectivity index (χ1n) is 5.19. The van der Waals surface area contributed by atoms with E-state index in [1.807, 2.05) is 25.1 Å². The van der Waals surface area contributed by atoms with Crippen molar-refractivity contribution in [3.63, 3.8) is 0 Å². The fraction of sp³-hybridized carbons (Fsp3) is 0.167. The van der Waals surface area contributed by atoms with Crippen molar-refractivity contribution >= 4 is 17.5 Å². The quantitative estimate of drug-likeness (QED) is 0.844. The van der Waals surface area contributed by atoms with Crippen molar-refractivity contribution in [3.8, 4) is 5.75 Å². The molecule has 0 aliphatic rings. The zero-order valence-corrected chi connectivity index (χ0v) is 9.77. The molecule has 5 heteroatoms. The first-order valence-corrected chi connectivity index (χ1v) is 5.19. The highest BCUT2D eigenvalue weighted by atomic mass is 16.5. The zero-order valence-electron chi connectivity index (χ0n) is 9.77. The molecule has 1 heterocycles. The minimum atomic E-state index is 0.251. The van der Waals surface area contributed by atoms with Crippen LogP contribution in [-0.2, 0) is 0 Å². The van der Waals surface area contributed by atoms with Gasteiger partial charge in [0, 0.05) is 11.9 Å². The predicted molar refractivity (Wildman–Crippen MR) is 67.5 cm³/mol. The number of aromatic nitrogens is 2. The van der Waals surface area contributed by atoms with Gasteiger partial charge in [-0.1, -0.05) is 0 Å². The molecule has 0 aliphatic heterocycles. The second kappa shape index (κ2) is 4.69.